The normalized spacial score (nSPS) is 16.9. The number of hydrogen-bond donors (Lipinski definition) is 1. The predicted molar refractivity (Wildman–Crippen MR) is 121 cm³/mol. The molecular formula is C25H27NO4S. The number of carboxylic acids is 1. The fourth-order valence-corrected chi connectivity index (χ4v) is 6.12. The smallest absolute Gasteiger partial charge is 0.303 e. The summed E-state index contributed by atoms with van der Waals surface area (Å²) in [7, 11) is -3.57. The molecule has 0 aromatic heterocycles. The van der Waals surface area contributed by atoms with Gasteiger partial charge in [-0.1, -0.05) is 60.7 Å². The fraction of sp³-hybridized carbons (Fsp3) is 0.320. The van der Waals surface area contributed by atoms with Crippen molar-refractivity contribution in [2.24, 2.45) is 11.8 Å². The predicted octanol–water partition coefficient (Wildman–Crippen LogP) is 4.57. The summed E-state index contributed by atoms with van der Waals surface area (Å²) < 4.78 is 28.0. The molecule has 0 bridgehead atoms. The SMILES string of the molecule is O=C(O)CC(Cc1ccccc1)C1CCN(S(=O)(=O)c2ccc3ccccc3c2)CC1. The van der Waals surface area contributed by atoms with Crippen molar-refractivity contribution in [1.29, 1.82) is 0 Å². The standard InChI is InChI=1S/C25H27NO4S/c27-25(28)18-23(16-19-6-2-1-3-7-19)21-12-14-26(15-13-21)31(29,30)24-11-10-20-8-4-5-9-22(20)17-24/h1-11,17,21,23H,12-16,18H2,(H,27,28). The van der Waals surface area contributed by atoms with Gasteiger partial charge in [0.2, 0.25) is 10.0 Å². The van der Waals surface area contributed by atoms with E-state index < -0.39 is 16.0 Å². The number of nitrogens with zero attached hydrogens (tertiary/aromatic N) is 1. The summed E-state index contributed by atoms with van der Waals surface area (Å²) in [4.78, 5) is 11.8. The maximum Gasteiger partial charge on any atom is 0.303 e. The van der Waals surface area contributed by atoms with Crippen molar-refractivity contribution < 1.29 is 18.3 Å². The van der Waals surface area contributed by atoms with Crippen LogP contribution in [-0.4, -0.2) is 36.9 Å². The van der Waals surface area contributed by atoms with E-state index >= 15 is 0 Å². The van der Waals surface area contributed by atoms with E-state index in [0.29, 0.717) is 37.2 Å². The molecule has 3 aromatic carbocycles. The van der Waals surface area contributed by atoms with Crippen molar-refractivity contribution in [2.45, 2.75) is 30.6 Å². The Balaban J connectivity index is 1.47. The second-order valence-electron chi connectivity index (χ2n) is 8.30. The Morgan fingerprint density at radius 2 is 1.58 bits per heavy atom. The van der Waals surface area contributed by atoms with Gasteiger partial charge in [0.15, 0.2) is 0 Å². The van der Waals surface area contributed by atoms with E-state index in [9.17, 15) is 18.3 Å². The fourth-order valence-electron chi connectivity index (χ4n) is 4.61. The quantitative estimate of drug-likeness (QED) is 0.587. The molecule has 1 atom stereocenters. The van der Waals surface area contributed by atoms with Gasteiger partial charge in [0.1, 0.15) is 0 Å². The Morgan fingerprint density at radius 3 is 2.26 bits per heavy atom. The van der Waals surface area contributed by atoms with Crippen molar-refractivity contribution in [3.8, 4) is 0 Å². The van der Waals surface area contributed by atoms with Crippen molar-refractivity contribution in [1.82, 2.24) is 4.31 Å². The number of piperidine rings is 1. The van der Waals surface area contributed by atoms with Crippen LogP contribution in [0.4, 0.5) is 0 Å². The first-order valence-corrected chi connectivity index (χ1v) is 12.1. The summed E-state index contributed by atoms with van der Waals surface area (Å²) in [6, 6.07) is 22.9. The van der Waals surface area contributed by atoms with Crippen molar-refractivity contribution in [2.75, 3.05) is 13.1 Å². The Hall–Kier alpha value is -2.70. The topological polar surface area (TPSA) is 74.7 Å². The summed E-state index contributed by atoms with van der Waals surface area (Å²) in [6.07, 6.45) is 2.17. The van der Waals surface area contributed by atoms with Crippen LogP contribution in [0.3, 0.4) is 0 Å². The molecule has 1 aliphatic rings. The molecular weight excluding hydrogens is 410 g/mol. The second kappa shape index (κ2) is 9.20. The summed E-state index contributed by atoms with van der Waals surface area (Å²) in [5, 5.41) is 11.3. The molecule has 1 saturated heterocycles. The van der Waals surface area contributed by atoms with Crippen LogP contribution in [0, 0.1) is 11.8 Å². The third-order valence-corrected chi connectivity index (χ3v) is 8.20. The van der Waals surface area contributed by atoms with Crippen LogP contribution in [0.2, 0.25) is 0 Å². The first-order chi connectivity index (χ1) is 14.9. The molecule has 0 aliphatic carbocycles. The Morgan fingerprint density at radius 1 is 0.935 bits per heavy atom. The molecule has 1 N–H and O–H groups in total. The van der Waals surface area contributed by atoms with Crippen LogP contribution in [0.5, 0.6) is 0 Å². The Bertz CT molecular complexity index is 1150. The number of hydrogen-bond acceptors (Lipinski definition) is 3. The zero-order valence-electron chi connectivity index (χ0n) is 17.4. The van der Waals surface area contributed by atoms with Crippen molar-refractivity contribution in [3.05, 3.63) is 78.4 Å². The molecule has 0 amide bonds. The van der Waals surface area contributed by atoms with E-state index in [-0.39, 0.29) is 18.3 Å². The molecule has 5 nitrogen and oxygen atoms in total. The summed E-state index contributed by atoms with van der Waals surface area (Å²) in [5.41, 5.74) is 1.12. The minimum absolute atomic E-state index is 0.00502. The Kier molecular flexibility index (Phi) is 6.39. The van der Waals surface area contributed by atoms with Crippen LogP contribution in [0.25, 0.3) is 10.8 Å². The van der Waals surface area contributed by atoms with Gasteiger partial charge in [-0.05, 0) is 59.6 Å². The van der Waals surface area contributed by atoms with E-state index in [1.807, 2.05) is 60.7 Å². The number of fused-ring (bicyclic) bond motifs is 1. The lowest BCUT2D eigenvalue weighted by Gasteiger charge is -2.35. The van der Waals surface area contributed by atoms with Gasteiger partial charge in [0.05, 0.1) is 4.90 Å². The van der Waals surface area contributed by atoms with Crippen LogP contribution in [-0.2, 0) is 21.2 Å². The van der Waals surface area contributed by atoms with Crippen LogP contribution < -0.4 is 0 Å². The van der Waals surface area contributed by atoms with Crippen LogP contribution in [0.1, 0.15) is 24.8 Å². The number of aliphatic carboxylic acids is 1. The molecule has 1 heterocycles. The zero-order chi connectivity index (χ0) is 21.8. The molecule has 6 heteroatoms. The third-order valence-electron chi connectivity index (χ3n) is 6.30. The maximum atomic E-state index is 13.2. The molecule has 3 aromatic rings. The number of rotatable bonds is 7. The number of carbonyl (C=O) groups is 1. The average Bonchev–Trinajstić information content (AvgIpc) is 2.79. The lowest BCUT2D eigenvalue weighted by atomic mass is 9.79. The maximum absolute atomic E-state index is 13.2. The molecule has 31 heavy (non-hydrogen) atoms. The van der Waals surface area contributed by atoms with Gasteiger partial charge in [-0.15, -0.1) is 0 Å². The minimum Gasteiger partial charge on any atom is -0.481 e. The van der Waals surface area contributed by atoms with E-state index in [1.165, 1.54) is 0 Å². The minimum atomic E-state index is -3.57. The lowest BCUT2D eigenvalue weighted by molar-refractivity contribution is -0.138. The van der Waals surface area contributed by atoms with Gasteiger partial charge >= 0.3 is 5.97 Å². The summed E-state index contributed by atoms with van der Waals surface area (Å²) in [5.74, 6) is -0.600. The second-order valence-corrected chi connectivity index (χ2v) is 10.2. The molecule has 0 spiro atoms. The monoisotopic (exact) mass is 437 g/mol. The molecule has 0 radical (unpaired) electrons. The van der Waals surface area contributed by atoms with E-state index in [0.717, 1.165) is 16.3 Å². The van der Waals surface area contributed by atoms with E-state index in [4.69, 9.17) is 0 Å². The highest BCUT2D eigenvalue weighted by molar-refractivity contribution is 7.89. The molecule has 162 valence electrons. The van der Waals surface area contributed by atoms with Gasteiger partial charge in [-0.25, -0.2) is 8.42 Å². The van der Waals surface area contributed by atoms with Gasteiger partial charge in [-0.2, -0.15) is 4.31 Å². The highest BCUT2D eigenvalue weighted by Gasteiger charge is 2.33. The van der Waals surface area contributed by atoms with Gasteiger partial charge in [-0.3, -0.25) is 4.79 Å². The summed E-state index contributed by atoms with van der Waals surface area (Å²) in [6.45, 7) is 0.843. The van der Waals surface area contributed by atoms with Crippen LogP contribution in [0.15, 0.2) is 77.7 Å². The first-order valence-electron chi connectivity index (χ1n) is 10.7. The number of benzene rings is 3. The summed E-state index contributed by atoms with van der Waals surface area (Å²) >= 11 is 0. The molecule has 4 rings (SSSR count). The van der Waals surface area contributed by atoms with Gasteiger partial charge in [0, 0.05) is 19.5 Å². The van der Waals surface area contributed by atoms with E-state index in [1.54, 1.807) is 16.4 Å². The highest BCUT2D eigenvalue weighted by Crippen LogP contribution is 2.33. The Labute approximate surface area is 183 Å². The van der Waals surface area contributed by atoms with Gasteiger partial charge in [0.25, 0.3) is 0 Å². The highest BCUT2D eigenvalue weighted by atomic mass is 32.2. The van der Waals surface area contributed by atoms with Gasteiger partial charge < -0.3 is 5.11 Å². The van der Waals surface area contributed by atoms with Crippen molar-refractivity contribution in [3.63, 3.8) is 0 Å². The average molecular weight is 438 g/mol. The lowest BCUT2D eigenvalue weighted by Crippen LogP contribution is -2.40. The molecule has 0 saturated carbocycles. The molecule has 1 fully saturated rings. The largest absolute Gasteiger partial charge is 0.481 e. The van der Waals surface area contributed by atoms with E-state index in [2.05, 4.69) is 0 Å². The number of sulfonamides is 1. The molecule has 1 unspecified atom stereocenters. The molecule has 1 aliphatic heterocycles. The zero-order valence-corrected chi connectivity index (χ0v) is 18.2. The third kappa shape index (κ3) is 4.97. The number of carboxylic acid groups (broad SMARTS) is 1. The first kappa shape index (κ1) is 21.5. The van der Waals surface area contributed by atoms with Crippen molar-refractivity contribution >= 4 is 26.8 Å². The van der Waals surface area contributed by atoms with Crippen LogP contribution >= 0.6 is 0 Å².